The second kappa shape index (κ2) is 9.57. The minimum Gasteiger partial charge on any atom is -0.350 e. The number of aryl methyl sites for hydroxylation is 2. The Morgan fingerprint density at radius 3 is 2.54 bits per heavy atom. The maximum atomic E-state index is 13.4. The molecule has 4 aromatic rings. The van der Waals surface area contributed by atoms with Crippen LogP contribution in [0.4, 0.5) is 5.69 Å². The van der Waals surface area contributed by atoms with Crippen LogP contribution in [0.25, 0.3) is 16.7 Å². The number of rotatable bonds is 7. The number of nitrogens with zero attached hydrogens (tertiary/aromatic N) is 4. The van der Waals surface area contributed by atoms with E-state index < -0.39 is 11.6 Å². The van der Waals surface area contributed by atoms with Crippen molar-refractivity contribution in [3.05, 3.63) is 74.4 Å². The third kappa shape index (κ3) is 4.72. The Morgan fingerprint density at radius 1 is 1.09 bits per heavy atom. The molecule has 0 saturated heterocycles. The van der Waals surface area contributed by atoms with Crippen molar-refractivity contribution in [1.82, 2.24) is 24.1 Å². The lowest BCUT2D eigenvalue weighted by atomic mass is 10.1. The summed E-state index contributed by atoms with van der Waals surface area (Å²) in [4.78, 5) is 51.8. The molecule has 10 nitrogen and oxygen atoms in total. The number of aromatic nitrogens is 4. The molecule has 0 fully saturated rings. The zero-order valence-corrected chi connectivity index (χ0v) is 20.2. The van der Waals surface area contributed by atoms with Gasteiger partial charge >= 0.3 is 5.69 Å². The normalized spacial score (nSPS) is 11.3. The van der Waals surface area contributed by atoms with E-state index >= 15 is 0 Å². The highest BCUT2D eigenvalue weighted by atomic mass is 16.2. The molecular formula is C25H28N6O4. The minimum atomic E-state index is -0.573. The molecular weight excluding hydrogens is 448 g/mol. The van der Waals surface area contributed by atoms with E-state index in [9.17, 15) is 19.2 Å². The standard InChI is InChI=1S/C25H28N6O4/c1-5-11-29-23(34)19-10-9-17(22(33)26-15(2)3)13-20(19)31-24(29)28-30(25(31)35)14-21(32)27-18-8-6-7-16(4)12-18/h6-10,12-13,15H,5,11,14H2,1-4H3,(H,26,33)(H,27,32). The van der Waals surface area contributed by atoms with Crippen molar-refractivity contribution in [2.45, 2.75) is 53.2 Å². The average molecular weight is 477 g/mol. The number of anilines is 1. The van der Waals surface area contributed by atoms with E-state index in [1.165, 1.54) is 15.0 Å². The van der Waals surface area contributed by atoms with Crippen LogP contribution in [0.3, 0.4) is 0 Å². The molecule has 0 saturated carbocycles. The maximum absolute atomic E-state index is 13.4. The van der Waals surface area contributed by atoms with E-state index in [4.69, 9.17) is 0 Å². The number of amides is 2. The number of hydrogen-bond acceptors (Lipinski definition) is 5. The molecule has 0 radical (unpaired) electrons. The van der Waals surface area contributed by atoms with Crippen molar-refractivity contribution in [3.63, 3.8) is 0 Å². The van der Waals surface area contributed by atoms with Gasteiger partial charge in [-0.05, 0) is 63.1 Å². The first-order valence-electron chi connectivity index (χ1n) is 11.5. The summed E-state index contributed by atoms with van der Waals surface area (Å²) in [6.07, 6.45) is 0.644. The van der Waals surface area contributed by atoms with Crippen LogP contribution in [0.1, 0.15) is 43.1 Å². The summed E-state index contributed by atoms with van der Waals surface area (Å²) in [5.74, 6) is -0.614. The van der Waals surface area contributed by atoms with Gasteiger partial charge in [-0.15, -0.1) is 5.10 Å². The SMILES string of the molecule is CCCn1c(=O)c2ccc(C(=O)NC(C)C)cc2n2c(=O)n(CC(=O)Nc3cccc(C)c3)nc12. The molecule has 0 bridgehead atoms. The molecule has 182 valence electrons. The summed E-state index contributed by atoms with van der Waals surface area (Å²) in [7, 11) is 0. The second-order valence-electron chi connectivity index (χ2n) is 8.81. The van der Waals surface area contributed by atoms with Crippen LogP contribution in [0.5, 0.6) is 0 Å². The van der Waals surface area contributed by atoms with Crippen molar-refractivity contribution >= 4 is 34.2 Å². The predicted octanol–water partition coefficient (Wildman–Crippen LogP) is 2.31. The Morgan fingerprint density at radius 2 is 1.86 bits per heavy atom. The highest BCUT2D eigenvalue weighted by Gasteiger charge is 2.20. The number of carbonyl (C=O) groups is 2. The molecule has 2 amide bonds. The van der Waals surface area contributed by atoms with Gasteiger partial charge in [-0.2, -0.15) is 0 Å². The lowest BCUT2D eigenvalue weighted by molar-refractivity contribution is -0.117. The summed E-state index contributed by atoms with van der Waals surface area (Å²) < 4.78 is 3.75. The molecule has 0 aliphatic rings. The molecule has 10 heteroatoms. The number of benzene rings is 2. The van der Waals surface area contributed by atoms with E-state index in [-0.39, 0.29) is 40.7 Å². The topological polar surface area (TPSA) is 120 Å². The molecule has 2 aromatic heterocycles. The first-order chi connectivity index (χ1) is 16.7. The van der Waals surface area contributed by atoms with Crippen LogP contribution in [0.15, 0.2) is 52.1 Å². The van der Waals surface area contributed by atoms with Crippen LogP contribution in [0, 0.1) is 6.92 Å². The first kappa shape index (κ1) is 23.9. The molecule has 0 spiro atoms. The van der Waals surface area contributed by atoms with Crippen molar-refractivity contribution in [1.29, 1.82) is 0 Å². The van der Waals surface area contributed by atoms with Gasteiger partial charge in [-0.25, -0.2) is 13.9 Å². The average Bonchev–Trinajstić information content (AvgIpc) is 3.11. The fourth-order valence-corrected chi connectivity index (χ4v) is 3.99. The summed E-state index contributed by atoms with van der Waals surface area (Å²) in [5.41, 5.74) is 1.30. The monoisotopic (exact) mass is 476 g/mol. The fourth-order valence-electron chi connectivity index (χ4n) is 3.99. The van der Waals surface area contributed by atoms with Gasteiger partial charge in [-0.3, -0.25) is 19.0 Å². The molecule has 4 rings (SSSR count). The Bertz CT molecular complexity index is 1560. The molecule has 2 N–H and O–H groups in total. The number of carbonyl (C=O) groups excluding carboxylic acids is 2. The largest absolute Gasteiger partial charge is 0.352 e. The van der Waals surface area contributed by atoms with Crippen molar-refractivity contribution in [2.24, 2.45) is 0 Å². The number of nitrogens with one attached hydrogen (secondary N) is 2. The highest BCUT2D eigenvalue weighted by molar-refractivity contribution is 5.98. The fraction of sp³-hybridized carbons (Fsp3) is 0.320. The van der Waals surface area contributed by atoms with Gasteiger partial charge in [0.15, 0.2) is 0 Å². The van der Waals surface area contributed by atoms with Gasteiger partial charge in [0.05, 0.1) is 10.9 Å². The van der Waals surface area contributed by atoms with E-state index in [1.807, 2.05) is 45.9 Å². The Kier molecular flexibility index (Phi) is 6.54. The van der Waals surface area contributed by atoms with Crippen molar-refractivity contribution in [2.75, 3.05) is 5.32 Å². The van der Waals surface area contributed by atoms with Crippen LogP contribution in [-0.2, 0) is 17.9 Å². The van der Waals surface area contributed by atoms with E-state index in [0.717, 1.165) is 10.2 Å². The third-order valence-corrected chi connectivity index (χ3v) is 5.50. The molecule has 0 aliphatic carbocycles. The highest BCUT2D eigenvalue weighted by Crippen LogP contribution is 2.15. The van der Waals surface area contributed by atoms with E-state index in [0.29, 0.717) is 24.2 Å². The quantitative estimate of drug-likeness (QED) is 0.424. The molecule has 0 aliphatic heterocycles. The minimum absolute atomic E-state index is 0.0758. The molecule has 0 unspecified atom stereocenters. The number of hydrogen-bond donors (Lipinski definition) is 2. The van der Waals surface area contributed by atoms with Crippen molar-refractivity contribution in [3.8, 4) is 0 Å². The Labute approximate surface area is 201 Å². The first-order valence-corrected chi connectivity index (χ1v) is 11.5. The summed E-state index contributed by atoms with van der Waals surface area (Å²) in [6, 6.07) is 11.9. The Hall–Kier alpha value is -4.21. The Balaban J connectivity index is 1.84. The van der Waals surface area contributed by atoms with Gasteiger partial charge in [0.2, 0.25) is 11.7 Å². The summed E-state index contributed by atoms with van der Waals surface area (Å²) in [6.45, 7) is 7.53. The summed E-state index contributed by atoms with van der Waals surface area (Å²) >= 11 is 0. The number of fused-ring (bicyclic) bond motifs is 3. The third-order valence-electron chi connectivity index (χ3n) is 5.50. The van der Waals surface area contributed by atoms with Gasteiger partial charge in [0.25, 0.3) is 11.5 Å². The lowest BCUT2D eigenvalue weighted by Crippen LogP contribution is -2.31. The van der Waals surface area contributed by atoms with E-state index in [2.05, 4.69) is 15.7 Å². The van der Waals surface area contributed by atoms with Crippen molar-refractivity contribution < 1.29 is 9.59 Å². The zero-order valence-electron chi connectivity index (χ0n) is 20.2. The van der Waals surface area contributed by atoms with Gasteiger partial charge < -0.3 is 10.6 Å². The van der Waals surface area contributed by atoms with Crippen LogP contribution in [-0.4, -0.2) is 36.6 Å². The summed E-state index contributed by atoms with van der Waals surface area (Å²) in [5, 5.41) is 10.2. The molecule has 2 heterocycles. The van der Waals surface area contributed by atoms with Gasteiger partial charge in [0, 0.05) is 23.8 Å². The van der Waals surface area contributed by atoms with Crippen LogP contribution in [0.2, 0.25) is 0 Å². The molecule has 35 heavy (non-hydrogen) atoms. The van der Waals surface area contributed by atoms with Crippen LogP contribution < -0.4 is 21.9 Å². The van der Waals surface area contributed by atoms with E-state index in [1.54, 1.807) is 18.2 Å². The predicted molar refractivity (Wildman–Crippen MR) is 134 cm³/mol. The maximum Gasteiger partial charge on any atom is 0.352 e. The smallest absolute Gasteiger partial charge is 0.350 e. The molecule has 0 atom stereocenters. The van der Waals surface area contributed by atoms with Gasteiger partial charge in [0.1, 0.15) is 6.54 Å². The van der Waals surface area contributed by atoms with Gasteiger partial charge in [-0.1, -0.05) is 19.1 Å². The molecule has 2 aromatic carbocycles. The lowest BCUT2D eigenvalue weighted by Gasteiger charge is -2.11. The second-order valence-corrected chi connectivity index (χ2v) is 8.81. The zero-order chi connectivity index (χ0) is 25.3. The van der Waals surface area contributed by atoms with Crippen LogP contribution >= 0.6 is 0 Å².